The van der Waals surface area contributed by atoms with Crippen LogP contribution in [0.15, 0.2) is 36.7 Å². The van der Waals surface area contributed by atoms with Crippen LogP contribution in [0.1, 0.15) is 23.2 Å². The monoisotopic (exact) mass is 328 g/mol. The Labute approximate surface area is 137 Å². The van der Waals surface area contributed by atoms with E-state index in [2.05, 4.69) is 20.8 Å². The number of carbonyl (C=O) groups is 1. The Morgan fingerprint density at radius 2 is 1.88 bits per heavy atom. The molecule has 0 bridgehead atoms. The van der Waals surface area contributed by atoms with Gasteiger partial charge in [-0.05, 0) is 25.0 Å². The van der Waals surface area contributed by atoms with Crippen molar-refractivity contribution in [1.29, 1.82) is 0 Å². The molecule has 9 heteroatoms. The molecule has 0 saturated carbocycles. The molecule has 124 valence electrons. The summed E-state index contributed by atoms with van der Waals surface area (Å²) in [4.78, 5) is 32.8. The average molecular weight is 328 g/mol. The summed E-state index contributed by atoms with van der Waals surface area (Å²) < 4.78 is 0. The molecule has 1 aromatic heterocycles. The minimum absolute atomic E-state index is 0.0406. The third kappa shape index (κ3) is 3.24. The Bertz CT molecular complexity index is 746. The van der Waals surface area contributed by atoms with Gasteiger partial charge in [0.05, 0.1) is 4.92 Å². The van der Waals surface area contributed by atoms with E-state index in [-0.39, 0.29) is 17.3 Å². The number of aromatic nitrogens is 2. The maximum absolute atomic E-state index is 12.0. The van der Waals surface area contributed by atoms with Gasteiger partial charge in [0.25, 0.3) is 5.91 Å². The predicted molar refractivity (Wildman–Crippen MR) is 87.7 cm³/mol. The minimum Gasteiger partial charge on any atom is -0.351 e. The van der Waals surface area contributed by atoms with Crippen molar-refractivity contribution in [1.82, 2.24) is 15.4 Å². The van der Waals surface area contributed by atoms with Gasteiger partial charge in [0.15, 0.2) is 0 Å². The molecule has 0 aliphatic carbocycles. The van der Waals surface area contributed by atoms with Crippen LogP contribution in [-0.2, 0) is 0 Å². The third-order valence-corrected chi connectivity index (χ3v) is 3.72. The summed E-state index contributed by atoms with van der Waals surface area (Å²) in [6.45, 7) is 1.43. The van der Waals surface area contributed by atoms with Gasteiger partial charge in [-0.3, -0.25) is 25.8 Å². The second kappa shape index (κ2) is 6.90. The molecular weight excluding hydrogens is 312 g/mol. The Balaban J connectivity index is 1.81. The second-order valence-electron chi connectivity index (χ2n) is 5.29. The summed E-state index contributed by atoms with van der Waals surface area (Å²) in [5.74, 6) is -0.184. The molecule has 24 heavy (non-hydrogen) atoms. The van der Waals surface area contributed by atoms with Crippen LogP contribution in [0.25, 0.3) is 0 Å². The number of hydrogen-bond donors (Lipinski definition) is 2. The Morgan fingerprint density at radius 1 is 1.17 bits per heavy atom. The SMILES string of the molecule is O=C(NNc1ncnc(N2CCCC2)c1[N+](=O)[O-])c1ccccc1. The lowest BCUT2D eigenvalue weighted by Crippen LogP contribution is -2.30. The molecule has 1 aliphatic rings. The predicted octanol–water partition coefficient (Wildman–Crippen LogP) is 1.74. The van der Waals surface area contributed by atoms with Gasteiger partial charge in [-0.1, -0.05) is 18.2 Å². The topological polar surface area (TPSA) is 113 Å². The Kier molecular flexibility index (Phi) is 4.50. The highest BCUT2D eigenvalue weighted by atomic mass is 16.6. The summed E-state index contributed by atoms with van der Waals surface area (Å²) in [5.41, 5.74) is 5.15. The van der Waals surface area contributed by atoms with Crippen LogP contribution in [0.4, 0.5) is 17.3 Å². The first-order chi connectivity index (χ1) is 11.7. The van der Waals surface area contributed by atoms with E-state index in [9.17, 15) is 14.9 Å². The van der Waals surface area contributed by atoms with Crippen molar-refractivity contribution >= 4 is 23.2 Å². The fourth-order valence-corrected chi connectivity index (χ4v) is 2.57. The van der Waals surface area contributed by atoms with E-state index in [4.69, 9.17) is 0 Å². The zero-order chi connectivity index (χ0) is 16.9. The molecule has 9 nitrogen and oxygen atoms in total. The summed E-state index contributed by atoms with van der Waals surface area (Å²) in [5, 5.41) is 11.5. The lowest BCUT2D eigenvalue weighted by molar-refractivity contribution is -0.383. The quantitative estimate of drug-likeness (QED) is 0.635. The molecule has 3 rings (SSSR count). The highest BCUT2D eigenvalue weighted by Gasteiger charge is 2.28. The molecule has 0 radical (unpaired) electrons. The van der Waals surface area contributed by atoms with E-state index >= 15 is 0 Å². The van der Waals surface area contributed by atoms with E-state index in [1.54, 1.807) is 30.3 Å². The molecule has 2 aromatic rings. The molecule has 2 heterocycles. The summed E-state index contributed by atoms with van der Waals surface area (Å²) >= 11 is 0. The molecule has 1 saturated heterocycles. The molecule has 1 amide bonds. The number of nitro groups is 1. The number of carbonyl (C=O) groups excluding carboxylic acids is 1. The fourth-order valence-electron chi connectivity index (χ4n) is 2.57. The van der Waals surface area contributed by atoms with Crippen LogP contribution >= 0.6 is 0 Å². The number of hydrazine groups is 1. The van der Waals surface area contributed by atoms with Crippen molar-refractivity contribution in [2.24, 2.45) is 0 Å². The van der Waals surface area contributed by atoms with Crippen LogP contribution in [-0.4, -0.2) is 33.9 Å². The van der Waals surface area contributed by atoms with Crippen molar-refractivity contribution in [3.8, 4) is 0 Å². The van der Waals surface area contributed by atoms with Gasteiger partial charge in [0, 0.05) is 18.7 Å². The average Bonchev–Trinajstić information content (AvgIpc) is 3.14. The van der Waals surface area contributed by atoms with Crippen molar-refractivity contribution in [3.05, 3.63) is 52.3 Å². The van der Waals surface area contributed by atoms with Crippen molar-refractivity contribution in [2.75, 3.05) is 23.4 Å². The Morgan fingerprint density at radius 3 is 2.54 bits per heavy atom. The minimum atomic E-state index is -0.537. The fraction of sp³-hybridized carbons (Fsp3) is 0.267. The van der Waals surface area contributed by atoms with Gasteiger partial charge in [0.2, 0.25) is 11.6 Å². The molecule has 2 N–H and O–H groups in total. The van der Waals surface area contributed by atoms with Crippen LogP contribution in [0.3, 0.4) is 0 Å². The third-order valence-electron chi connectivity index (χ3n) is 3.72. The summed E-state index contributed by atoms with van der Waals surface area (Å²) in [6, 6.07) is 8.53. The van der Waals surface area contributed by atoms with E-state index in [1.807, 2.05) is 4.90 Å². The highest BCUT2D eigenvalue weighted by molar-refractivity contribution is 5.95. The van der Waals surface area contributed by atoms with Crippen LogP contribution in [0, 0.1) is 10.1 Å². The standard InChI is InChI=1S/C15H16N6O3/c22-15(11-6-2-1-3-7-11)19-18-13-12(21(23)24)14(17-10-16-13)20-8-4-5-9-20/h1-3,6-7,10H,4-5,8-9H2,(H,19,22)(H,16,17,18). The number of nitrogens with one attached hydrogen (secondary N) is 2. The van der Waals surface area contributed by atoms with Crippen LogP contribution < -0.4 is 15.8 Å². The van der Waals surface area contributed by atoms with Crippen LogP contribution in [0.5, 0.6) is 0 Å². The number of nitrogens with zero attached hydrogens (tertiary/aromatic N) is 4. The molecule has 1 fully saturated rings. The van der Waals surface area contributed by atoms with E-state index in [0.717, 1.165) is 12.8 Å². The van der Waals surface area contributed by atoms with Crippen molar-refractivity contribution in [3.63, 3.8) is 0 Å². The molecule has 0 spiro atoms. The van der Waals surface area contributed by atoms with E-state index < -0.39 is 10.8 Å². The second-order valence-corrected chi connectivity index (χ2v) is 5.29. The first-order valence-corrected chi connectivity index (χ1v) is 7.52. The van der Waals surface area contributed by atoms with Crippen molar-refractivity contribution < 1.29 is 9.72 Å². The van der Waals surface area contributed by atoms with Gasteiger partial charge in [-0.15, -0.1) is 0 Å². The Hall–Kier alpha value is -3.23. The maximum atomic E-state index is 12.0. The molecule has 1 aliphatic heterocycles. The highest BCUT2D eigenvalue weighted by Crippen LogP contribution is 2.33. The van der Waals surface area contributed by atoms with E-state index in [0.29, 0.717) is 18.7 Å². The smallest absolute Gasteiger partial charge is 0.351 e. The van der Waals surface area contributed by atoms with Crippen LogP contribution in [0.2, 0.25) is 0 Å². The first kappa shape index (κ1) is 15.7. The summed E-state index contributed by atoms with van der Waals surface area (Å²) in [7, 11) is 0. The normalized spacial score (nSPS) is 13.6. The molecular formula is C15H16N6O3. The first-order valence-electron chi connectivity index (χ1n) is 7.52. The van der Waals surface area contributed by atoms with Gasteiger partial charge in [-0.2, -0.15) is 0 Å². The number of rotatable bonds is 5. The number of amides is 1. The zero-order valence-corrected chi connectivity index (χ0v) is 12.8. The largest absolute Gasteiger partial charge is 0.355 e. The lowest BCUT2D eigenvalue weighted by atomic mass is 10.2. The number of benzene rings is 1. The zero-order valence-electron chi connectivity index (χ0n) is 12.8. The molecule has 0 unspecified atom stereocenters. The molecule has 0 atom stereocenters. The summed E-state index contributed by atoms with van der Waals surface area (Å²) in [6.07, 6.45) is 3.18. The van der Waals surface area contributed by atoms with Gasteiger partial charge in [-0.25, -0.2) is 9.97 Å². The lowest BCUT2D eigenvalue weighted by Gasteiger charge is -2.17. The van der Waals surface area contributed by atoms with Gasteiger partial charge < -0.3 is 4.90 Å². The maximum Gasteiger partial charge on any atom is 0.355 e. The van der Waals surface area contributed by atoms with Gasteiger partial charge in [0.1, 0.15) is 6.33 Å². The molecule has 1 aromatic carbocycles. The van der Waals surface area contributed by atoms with Gasteiger partial charge >= 0.3 is 5.69 Å². The number of anilines is 2. The number of hydrogen-bond acceptors (Lipinski definition) is 7. The van der Waals surface area contributed by atoms with E-state index in [1.165, 1.54) is 6.33 Å². The van der Waals surface area contributed by atoms with Crippen molar-refractivity contribution in [2.45, 2.75) is 12.8 Å².